The van der Waals surface area contributed by atoms with Crippen LogP contribution >= 0.6 is 11.6 Å². The Hall–Kier alpha value is -4.60. The number of halogens is 3. The van der Waals surface area contributed by atoms with Gasteiger partial charge >= 0.3 is 5.97 Å². The third-order valence-corrected chi connectivity index (χ3v) is 6.96. The van der Waals surface area contributed by atoms with E-state index in [1.807, 2.05) is 10.8 Å². The second-order valence-electron chi connectivity index (χ2n) is 8.92. The summed E-state index contributed by atoms with van der Waals surface area (Å²) >= 11 is 6.43. The molecule has 1 amide bonds. The first kappa shape index (κ1) is 29.4. The molecule has 1 atom stereocenters. The highest BCUT2D eigenvalue weighted by Crippen LogP contribution is 2.35. The molecule has 1 aromatic heterocycles. The number of nitrogens with zero attached hydrogens (tertiary/aromatic N) is 2. The zero-order valence-electron chi connectivity index (χ0n) is 21.5. The summed E-state index contributed by atoms with van der Waals surface area (Å²) < 4.78 is 59.0. The summed E-state index contributed by atoms with van der Waals surface area (Å²) in [7, 11) is -2.73. The normalized spacial score (nSPS) is 11.9. The monoisotopic (exact) mass is 598 g/mol. The van der Waals surface area contributed by atoms with Crippen molar-refractivity contribution in [3.63, 3.8) is 0 Å². The van der Waals surface area contributed by atoms with Crippen molar-refractivity contribution in [2.24, 2.45) is 0 Å². The molecule has 0 unspecified atom stereocenters. The maximum atomic E-state index is 14.7. The van der Waals surface area contributed by atoms with E-state index in [4.69, 9.17) is 21.6 Å². The highest BCUT2D eigenvalue weighted by atomic mass is 35.5. The van der Waals surface area contributed by atoms with E-state index >= 15 is 0 Å². The van der Waals surface area contributed by atoms with E-state index in [1.54, 1.807) is 42.6 Å². The summed E-state index contributed by atoms with van der Waals surface area (Å²) in [6.07, 6.45) is 2.24. The molecule has 0 aliphatic rings. The lowest BCUT2D eigenvalue weighted by molar-refractivity contribution is -0.142. The van der Waals surface area contributed by atoms with Gasteiger partial charge in [-0.05, 0) is 35.9 Å². The number of rotatable bonds is 8. The molecule has 0 saturated heterocycles. The van der Waals surface area contributed by atoms with E-state index < -0.39 is 50.8 Å². The SMILES string of the molecule is COC(=O)[C@H](Cc1ccc(-c2ccc(C#N)cc2Cl)c2ncccc12)NC(=O)c1c(F)cc(NS(C)(=O)=O)cc1F. The minimum atomic E-state index is -3.83. The summed E-state index contributed by atoms with van der Waals surface area (Å²) in [5.41, 5.74) is 1.34. The van der Waals surface area contributed by atoms with Crippen molar-refractivity contribution in [2.75, 3.05) is 18.1 Å². The highest BCUT2D eigenvalue weighted by Gasteiger charge is 2.27. The quantitative estimate of drug-likeness (QED) is 0.283. The first-order chi connectivity index (χ1) is 19.4. The number of aromatic nitrogens is 1. The van der Waals surface area contributed by atoms with Crippen LogP contribution < -0.4 is 10.0 Å². The van der Waals surface area contributed by atoms with Crippen molar-refractivity contribution >= 4 is 50.1 Å². The van der Waals surface area contributed by atoms with Crippen molar-refractivity contribution in [1.29, 1.82) is 5.26 Å². The predicted molar refractivity (Wildman–Crippen MR) is 149 cm³/mol. The van der Waals surface area contributed by atoms with E-state index in [0.717, 1.165) is 13.4 Å². The third-order valence-electron chi connectivity index (χ3n) is 6.04. The molecule has 4 rings (SSSR count). The molecule has 3 aromatic carbocycles. The molecule has 2 N–H and O–H groups in total. The van der Waals surface area contributed by atoms with Gasteiger partial charge in [-0.3, -0.25) is 14.5 Å². The van der Waals surface area contributed by atoms with Gasteiger partial charge in [0.25, 0.3) is 5.91 Å². The van der Waals surface area contributed by atoms with Crippen molar-refractivity contribution in [1.82, 2.24) is 10.3 Å². The molecule has 0 spiro atoms. The maximum Gasteiger partial charge on any atom is 0.328 e. The number of carbonyl (C=O) groups excluding carboxylic acids is 2. The van der Waals surface area contributed by atoms with Crippen molar-refractivity contribution < 1.29 is 31.5 Å². The predicted octanol–water partition coefficient (Wildman–Crippen LogP) is 4.59. The van der Waals surface area contributed by atoms with E-state index in [9.17, 15) is 26.8 Å². The average Bonchev–Trinajstić information content (AvgIpc) is 2.91. The van der Waals surface area contributed by atoms with Gasteiger partial charge in [-0.2, -0.15) is 5.26 Å². The van der Waals surface area contributed by atoms with E-state index in [-0.39, 0.29) is 6.42 Å². The molecule has 9 nitrogen and oxygen atoms in total. The number of hydrogen-bond acceptors (Lipinski definition) is 7. The summed E-state index contributed by atoms with van der Waals surface area (Å²) in [4.78, 5) is 30.0. The molecular formula is C28H21ClF2N4O5S. The number of carbonyl (C=O) groups is 2. The molecule has 210 valence electrons. The molecule has 0 aliphatic carbocycles. The van der Waals surface area contributed by atoms with Gasteiger partial charge in [0.05, 0.1) is 36.2 Å². The number of nitrogens with one attached hydrogen (secondary N) is 2. The lowest BCUT2D eigenvalue weighted by atomic mass is 9.94. The fourth-order valence-electron chi connectivity index (χ4n) is 4.28. The highest BCUT2D eigenvalue weighted by molar-refractivity contribution is 7.92. The molecular weight excluding hydrogens is 578 g/mol. The van der Waals surface area contributed by atoms with Crippen LogP contribution in [0.15, 0.2) is 60.8 Å². The number of esters is 1. The second kappa shape index (κ2) is 11.9. The van der Waals surface area contributed by atoms with Crippen LogP contribution in [0.3, 0.4) is 0 Å². The fourth-order valence-corrected chi connectivity index (χ4v) is 5.11. The minimum Gasteiger partial charge on any atom is -0.467 e. The lowest BCUT2D eigenvalue weighted by Gasteiger charge is -2.19. The van der Waals surface area contributed by atoms with Gasteiger partial charge in [-0.15, -0.1) is 0 Å². The topological polar surface area (TPSA) is 138 Å². The van der Waals surface area contributed by atoms with Crippen LogP contribution in [0.1, 0.15) is 21.5 Å². The molecule has 41 heavy (non-hydrogen) atoms. The Morgan fingerprint density at radius 1 is 1.10 bits per heavy atom. The van der Waals surface area contributed by atoms with E-state index in [2.05, 4.69) is 10.3 Å². The summed E-state index contributed by atoms with van der Waals surface area (Å²) in [6.45, 7) is 0. The summed E-state index contributed by atoms with van der Waals surface area (Å²) in [5.74, 6) is -4.79. The van der Waals surface area contributed by atoms with Gasteiger partial charge in [0.15, 0.2) is 0 Å². The molecule has 0 bridgehead atoms. The molecule has 0 fully saturated rings. The van der Waals surface area contributed by atoms with Crippen LogP contribution in [-0.4, -0.2) is 44.7 Å². The number of amides is 1. The Balaban J connectivity index is 1.68. The molecule has 4 aromatic rings. The first-order valence-corrected chi connectivity index (χ1v) is 14.1. The number of ether oxygens (including phenoxy) is 1. The van der Waals surface area contributed by atoms with Crippen molar-refractivity contribution in [3.05, 3.63) is 94.1 Å². The van der Waals surface area contributed by atoms with Gasteiger partial charge in [0.2, 0.25) is 10.0 Å². The minimum absolute atomic E-state index is 0.126. The molecule has 13 heteroatoms. The third kappa shape index (κ3) is 6.59. The number of nitriles is 1. The first-order valence-electron chi connectivity index (χ1n) is 11.8. The Morgan fingerprint density at radius 3 is 2.39 bits per heavy atom. The molecule has 0 aliphatic heterocycles. The molecule has 0 radical (unpaired) electrons. The summed E-state index contributed by atoms with van der Waals surface area (Å²) in [6, 6.07) is 13.7. The Bertz CT molecular complexity index is 1820. The van der Waals surface area contributed by atoms with E-state index in [0.29, 0.717) is 50.3 Å². The number of benzene rings is 3. The summed E-state index contributed by atoms with van der Waals surface area (Å²) in [5, 5.41) is 12.4. The average molecular weight is 599 g/mol. The van der Waals surface area contributed by atoms with Crippen molar-refractivity contribution in [2.45, 2.75) is 12.5 Å². The number of hydrogen-bond donors (Lipinski definition) is 2. The standard InChI is InChI=1S/C28H21ClF2N4O5S/c1-40-28(37)24(34-27(36)25-22(30)12-17(13-23(25)31)35-41(2,38)39)11-16-6-8-20(26-18(16)4-3-9-33-26)19-7-5-15(14-32)10-21(19)29/h3-10,12-13,24,35H,11H2,1-2H3,(H,34,36)/t24-/m0/s1. The molecule has 1 heterocycles. The second-order valence-corrected chi connectivity index (χ2v) is 11.1. The zero-order valence-corrected chi connectivity index (χ0v) is 23.1. The van der Waals surface area contributed by atoms with Crippen LogP contribution in [0.2, 0.25) is 5.02 Å². The largest absolute Gasteiger partial charge is 0.467 e. The fraction of sp³-hybridized carbons (Fsp3) is 0.143. The van der Waals surface area contributed by atoms with Gasteiger partial charge < -0.3 is 10.1 Å². The number of anilines is 1. The van der Waals surface area contributed by atoms with Crippen LogP contribution in [0.5, 0.6) is 0 Å². The van der Waals surface area contributed by atoms with Crippen LogP contribution in [0.25, 0.3) is 22.0 Å². The smallest absolute Gasteiger partial charge is 0.328 e. The van der Waals surface area contributed by atoms with Gasteiger partial charge in [-0.1, -0.05) is 35.9 Å². The van der Waals surface area contributed by atoms with Crippen LogP contribution in [0.4, 0.5) is 14.5 Å². The number of fused-ring (bicyclic) bond motifs is 1. The van der Waals surface area contributed by atoms with Crippen LogP contribution in [0, 0.1) is 23.0 Å². The lowest BCUT2D eigenvalue weighted by Crippen LogP contribution is -2.43. The van der Waals surface area contributed by atoms with Crippen LogP contribution in [-0.2, 0) is 26.0 Å². The Morgan fingerprint density at radius 2 is 1.78 bits per heavy atom. The number of methoxy groups -OCH3 is 1. The number of sulfonamides is 1. The number of pyridine rings is 1. The van der Waals surface area contributed by atoms with Gasteiger partial charge in [0, 0.05) is 34.2 Å². The van der Waals surface area contributed by atoms with Gasteiger partial charge in [-0.25, -0.2) is 22.0 Å². The molecule has 0 saturated carbocycles. The van der Waals surface area contributed by atoms with Crippen molar-refractivity contribution in [3.8, 4) is 17.2 Å². The Kier molecular flexibility index (Phi) is 8.51. The maximum absolute atomic E-state index is 14.7. The zero-order chi connectivity index (χ0) is 29.9. The van der Waals surface area contributed by atoms with Gasteiger partial charge in [0.1, 0.15) is 23.2 Å². The van der Waals surface area contributed by atoms with E-state index in [1.165, 1.54) is 6.07 Å². The Labute approximate surface area is 238 Å².